The molecule has 0 amide bonds. The van der Waals surface area contributed by atoms with Crippen molar-refractivity contribution in [2.45, 2.75) is 179 Å². The number of nitrogens with zero attached hydrogens (tertiary/aromatic N) is 1. The molecular formula is C38H70N2O12. The highest BCUT2D eigenvalue weighted by atomic mass is 16.7. The molecule has 0 aromatic heterocycles. The van der Waals surface area contributed by atoms with E-state index in [2.05, 4.69) is 5.32 Å². The van der Waals surface area contributed by atoms with E-state index >= 15 is 0 Å². The van der Waals surface area contributed by atoms with Crippen LogP contribution in [-0.2, 0) is 33.2 Å². The molecule has 4 aliphatic rings. The van der Waals surface area contributed by atoms with Crippen molar-refractivity contribution in [3.05, 3.63) is 0 Å². The number of aliphatic hydroxyl groups is 5. The number of carbonyl (C=O) groups excluding carboxylic acids is 1. The standard InChI is InChI=1S/C38H70N2O12/c1-13-27-37(10,46)31(43)24(6)39-17-20(2)15-36(9,45)32(52-34-29(42)26(40(11)12)14-21(3)48-34)22(4)30(23(5)33(44)50-27)51-28-16-35(8,18-41)38(19-47-38)25(7)49-28/h20-32,34,39,41-43,45-46H,13-19H2,1-12H3/t20-,21-,22+,23-,24-,25+,26+,27-,28+,29-,30+,31-,32-,34+,35+,36+,37-,38+/m1/s1. The van der Waals surface area contributed by atoms with E-state index in [0.717, 1.165) is 0 Å². The number of hydrogen-bond acceptors (Lipinski definition) is 14. The third-order valence-electron chi connectivity index (χ3n) is 12.7. The summed E-state index contributed by atoms with van der Waals surface area (Å²) in [5.74, 6) is -2.55. The summed E-state index contributed by atoms with van der Waals surface area (Å²) in [6.45, 7) is 18.5. The second-order valence-corrected chi connectivity index (χ2v) is 17.6. The van der Waals surface area contributed by atoms with Crippen molar-refractivity contribution in [2.24, 2.45) is 23.2 Å². The van der Waals surface area contributed by atoms with Crippen molar-refractivity contribution in [1.29, 1.82) is 0 Å². The number of epoxide rings is 1. The smallest absolute Gasteiger partial charge is 0.311 e. The molecule has 18 atom stereocenters. The van der Waals surface area contributed by atoms with Gasteiger partial charge in [0.25, 0.3) is 0 Å². The van der Waals surface area contributed by atoms with Gasteiger partial charge in [0.2, 0.25) is 0 Å². The fraction of sp³-hybridized carbons (Fsp3) is 0.974. The van der Waals surface area contributed by atoms with Crippen molar-refractivity contribution in [2.75, 3.05) is 33.9 Å². The van der Waals surface area contributed by atoms with Crippen LogP contribution in [-0.4, -0.2) is 154 Å². The van der Waals surface area contributed by atoms with Gasteiger partial charge in [-0.25, -0.2) is 0 Å². The molecule has 0 aromatic rings. The predicted molar refractivity (Wildman–Crippen MR) is 192 cm³/mol. The van der Waals surface area contributed by atoms with Crippen molar-refractivity contribution < 1.29 is 58.7 Å². The molecule has 0 aliphatic carbocycles. The summed E-state index contributed by atoms with van der Waals surface area (Å²) in [6.07, 6.45) is -6.74. The molecule has 1 spiro atoms. The Labute approximate surface area is 310 Å². The molecule has 304 valence electrons. The number of cyclic esters (lactones) is 1. The molecule has 4 saturated heterocycles. The molecule has 14 heteroatoms. The second-order valence-electron chi connectivity index (χ2n) is 17.6. The quantitative estimate of drug-likeness (QED) is 0.163. The number of esters is 1. The zero-order valence-electron chi connectivity index (χ0n) is 33.6. The Hall–Kier alpha value is -1.01. The third kappa shape index (κ3) is 8.84. The number of hydrogen-bond donors (Lipinski definition) is 6. The zero-order chi connectivity index (χ0) is 39.1. The third-order valence-corrected chi connectivity index (χ3v) is 12.7. The van der Waals surface area contributed by atoms with Gasteiger partial charge in [0, 0.05) is 29.8 Å². The topological polar surface area (TPSA) is 192 Å². The SMILES string of the molecule is CC[C@H]1OC(=O)[C@H](C)[C@@H](O[C@H]2C[C@@](C)(CO)[C@]3(CO3)[C@H](C)O2)[C@H](C)[C@@H](O[C@@H]2O[C@H](C)C[C@H](N(C)C)[C@H]2O)[C@@](C)(O)C[C@@H](C)CN[C@H](C)[C@@H](O)[C@]1(C)O. The maximum Gasteiger partial charge on any atom is 0.311 e. The summed E-state index contributed by atoms with van der Waals surface area (Å²) in [6, 6.07) is -0.850. The van der Waals surface area contributed by atoms with Crippen molar-refractivity contribution in [3.8, 4) is 0 Å². The summed E-state index contributed by atoms with van der Waals surface area (Å²) < 4.78 is 38.0. The number of ether oxygens (including phenoxy) is 6. The summed E-state index contributed by atoms with van der Waals surface area (Å²) in [5.41, 5.74) is -4.68. The van der Waals surface area contributed by atoms with Gasteiger partial charge in [-0.1, -0.05) is 27.7 Å². The Balaban J connectivity index is 1.79. The Bertz CT molecular complexity index is 1180. The first kappa shape index (κ1) is 43.7. The lowest BCUT2D eigenvalue weighted by atomic mass is 9.70. The van der Waals surface area contributed by atoms with Gasteiger partial charge in [-0.05, 0) is 87.4 Å². The van der Waals surface area contributed by atoms with E-state index in [4.69, 9.17) is 28.4 Å². The first-order chi connectivity index (χ1) is 24.0. The normalized spacial score (nSPS) is 51.5. The fourth-order valence-electron chi connectivity index (χ4n) is 9.12. The summed E-state index contributed by atoms with van der Waals surface area (Å²) >= 11 is 0. The lowest BCUT2D eigenvalue weighted by Crippen LogP contribution is -2.60. The lowest BCUT2D eigenvalue weighted by Gasteiger charge is -2.49. The van der Waals surface area contributed by atoms with Crippen LogP contribution < -0.4 is 5.32 Å². The minimum atomic E-state index is -1.79. The molecule has 0 radical (unpaired) electrons. The molecule has 6 N–H and O–H groups in total. The predicted octanol–water partition coefficient (Wildman–Crippen LogP) is 1.56. The highest BCUT2D eigenvalue weighted by molar-refractivity contribution is 5.73. The van der Waals surface area contributed by atoms with Gasteiger partial charge < -0.3 is 64.2 Å². The van der Waals surface area contributed by atoms with Crippen LogP contribution in [0.3, 0.4) is 0 Å². The molecule has 52 heavy (non-hydrogen) atoms. The Kier molecular flexibility index (Phi) is 14.0. The van der Waals surface area contributed by atoms with Crippen molar-refractivity contribution in [1.82, 2.24) is 10.2 Å². The van der Waals surface area contributed by atoms with Crippen LogP contribution in [0.1, 0.15) is 94.9 Å². The Morgan fingerprint density at radius 2 is 1.62 bits per heavy atom. The highest BCUT2D eigenvalue weighted by Gasteiger charge is 2.66. The molecule has 0 aromatic carbocycles. The summed E-state index contributed by atoms with van der Waals surface area (Å²) in [4.78, 5) is 16.1. The van der Waals surface area contributed by atoms with E-state index in [9.17, 15) is 30.3 Å². The van der Waals surface area contributed by atoms with Crippen LogP contribution in [0.4, 0.5) is 0 Å². The van der Waals surface area contributed by atoms with Gasteiger partial charge in [0.15, 0.2) is 12.6 Å². The van der Waals surface area contributed by atoms with Gasteiger partial charge in [-0.3, -0.25) is 4.79 Å². The van der Waals surface area contributed by atoms with E-state index in [-0.39, 0.29) is 43.9 Å². The number of carbonyl (C=O) groups is 1. The molecule has 4 rings (SSSR count). The Morgan fingerprint density at radius 1 is 0.981 bits per heavy atom. The maximum absolute atomic E-state index is 14.2. The maximum atomic E-state index is 14.2. The van der Waals surface area contributed by atoms with Gasteiger partial charge in [-0.15, -0.1) is 0 Å². The number of nitrogens with one attached hydrogen (secondary N) is 1. The largest absolute Gasteiger partial charge is 0.459 e. The first-order valence-electron chi connectivity index (χ1n) is 19.3. The van der Waals surface area contributed by atoms with Crippen LogP contribution >= 0.6 is 0 Å². The van der Waals surface area contributed by atoms with Gasteiger partial charge in [0.1, 0.15) is 29.5 Å². The molecule has 0 saturated carbocycles. The molecule has 4 aliphatic heterocycles. The van der Waals surface area contributed by atoms with Crippen molar-refractivity contribution >= 4 is 5.97 Å². The lowest BCUT2D eigenvalue weighted by molar-refractivity contribution is -0.312. The van der Waals surface area contributed by atoms with E-state index in [0.29, 0.717) is 19.6 Å². The van der Waals surface area contributed by atoms with E-state index < -0.39 is 95.3 Å². The van der Waals surface area contributed by atoms with E-state index in [1.165, 1.54) is 6.92 Å². The van der Waals surface area contributed by atoms with Crippen molar-refractivity contribution in [3.63, 3.8) is 0 Å². The van der Waals surface area contributed by atoms with Gasteiger partial charge in [0.05, 0.1) is 49.1 Å². The molecule has 4 fully saturated rings. The van der Waals surface area contributed by atoms with E-state index in [1.807, 2.05) is 53.6 Å². The van der Waals surface area contributed by atoms with Crippen LogP contribution in [0.2, 0.25) is 0 Å². The average molecular weight is 747 g/mol. The summed E-state index contributed by atoms with van der Waals surface area (Å²) in [5, 5.41) is 60.8. The summed E-state index contributed by atoms with van der Waals surface area (Å²) in [7, 11) is 3.78. The highest BCUT2D eigenvalue weighted by Crippen LogP contribution is 2.54. The minimum Gasteiger partial charge on any atom is -0.459 e. The fourth-order valence-corrected chi connectivity index (χ4v) is 9.12. The van der Waals surface area contributed by atoms with E-state index in [1.54, 1.807) is 27.7 Å². The van der Waals surface area contributed by atoms with Crippen LogP contribution in [0.15, 0.2) is 0 Å². The average Bonchev–Trinajstić information content (AvgIpc) is 3.88. The number of rotatable bonds is 7. The van der Waals surface area contributed by atoms with Crippen LogP contribution in [0, 0.1) is 23.2 Å². The van der Waals surface area contributed by atoms with Crippen LogP contribution in [0.25, 0.3) is 0 Å². The number of aliphatic hydroxyl groups excluding tert-OH is 3. The molecule has 0 unspecified atom stereocenters. The molecular weight excluding hydrogens is 676 g/mol. The molecule has 14 nitrogen and oxygen atoms in total. The van der Waals surface area contributed by atoms with Gasteiger partial charge >= 0.3 is 5.97 Å². The second kappa shape index (κ2) is 16.6. The molecule has 4 heterocycles. The first-order valence-corrected chi connectivity index (χ1v) is 19.3. The number of likely N-dealkylation sites (N-methyl/N-ethyl adjacent to an activating group) is 1. The monoisotopic (exact) mass is 746 g/mol. The zero-order valence-corrected chi connectivity index (χ0v) is 33.6. The van der Waals surface area contributed by atoms with Crippen LogP contribution in [0.5, 0.6) is 0 Å². The molecule has 0 bridgehead atoms. The van der Waals surface area contributed by atoms with Gasteiger partial charge in [-0.2, -0.15) is 0 Å². The Morgan fingerprint density at radius 3 is 2.17 bits per heavy atom. The minimum absolute atomic E-state index is 0.150.